The average molecular weight is 140 g/mol. The lowest BCUT2D eigenvalue weighted by Gasteiger charge is -2.06. The first-order valence-electron chi connectivity index (χ1n) is 3.08. The molecule has 0 aromatic rings. The van der Waals surface area contributed by atoms with Crippen molar-refractivity contribution in [1.29, 1.82) is 0 Å². The third-order valence-corrected chi connectivity index (χ3v) is 1.26. The Hall–Kier alpha value is -1.12. The van der Waals surface area contributed by atoms with E-state index >= 15 is 0 Å². The minimum atomic E-state index is -0.544. The standard InChI is InChI=1S/C7H8O3/c1-5(8)10-7-4-2-3-6(7)9/h2-3,7H,4H2,1H3/t7-/m1/s1. The molecule has 1 aliphatic carbocycles. The van der Waals surface area contributed by atoms with E-state index < -0.39 is 12.1 Å². The lowest BCUT2D eigenvalue weighted by atomic mass is 10.3. The number of ether oxygens (including phenoxy) is 1. The van der Waals surface area contributed by atoms with E-state index in [1.54, 1.807) is 6.08 Å². The third kappa shape index (κ3) is 1.43. The molecule has 0 fully saturated rings. The summed E-state index contributed by atoms with van der Waals surface area (Å²) >= 11 is 0. The smallest absolute Gasteiger partial charge is 0.303 e. The van der Waals surface area contributed by atoms with Gasteiger partial charge < -0.3 is 4.74 Å². The Kier molecular flexibility index (Phi) is 1.85. The van der Waals surface area contributed by atoms with Crippen molar-refractivity contribution in [2.75, 3.05) is 0 Å². The van der Waals surface area contributed by atoms with E-state index in [0.29, 0.717) is 6.42 Å². The van der Waals surface area contributed by atoms with Crippen LogP contribution in [-0.2, 0) is 14.3 Å². The van der Waals surface area contributed by atoms with Gasteiger partial charge in [-0.1, -0.05) is 6.08 Å². The van der Waals surface area contributed by atoms with Gasteiger partial charge in [0.05, 0.1) is 0 Å². The highest BCUT2D eigenvalue weighted by atomic mass is 16.5. The number of hydrogen-bond acceptors (Lipinski definition) is 3. The number of esters is 1. The van der Waals surface area contributed by atoms with Crippen molar-refractivity contribution in [2.45, 2.75) is 19.4 Å². The normalized spacial score (nSPS) is 23.3. The van der Waals surface area contributed by atoms with Crippen molar-refractivity contribution in [2.24, 2.45) is 0 Å². The van der Waals surface area contributed by atoms with Crippen LogP contribution in [0.25, 0.3) is 0 Å². The molecular weight excluding hydrogens is 132 g/mol. The van der Waals surface area contributed by atoms with Gasteiger partial charge in [-0.2, -0.15) is 0 Å². The molecule has 0 saturated carbocycles. The number of carbonyl (C=O) groups is 2. The van der Waals surface area contributed by atoms with E-state index in [1.165, 1.54) is 13.0 Å². The van der Waals surface area contributed by atoms with Gasteiger partial charge in [0.2, 0.25) is 0 Å². The van der Waals surface area contributed by atoms with Crippen LogP contribution >= 0.6 is 0 Å². The number of carbonyl (C=O) groups excluding carboxylic acids is 2. The van der Waals surface area contributed by atoms with Gasteiger partial charge in [-0.25, -0.2) is 0 Å². The lowest BCUT2D eigenvalue weighted by molar-refractivity contribution is -0.150. The molecule has 0 bridgehead atoms. The molecule has 0 saturated heterocycles. The molecule has 0 radical (unpaired) electrons. The maximum absolute atomic E-state index is 10.7. The minimum Gasteiger partial charge on any atom is -0.454 e. The molecule has 0 spiro atoms. The van der Waals surface area contributed by atoms with Crippen LogP contribution in [-0.4, -0.2) is 17.9 Å². The first-order chi connectivity index (χ1) is 4.70. The predicted molar refractivity (Wildman–Crippen MR) is 34.3 cm³/mol. The molecule has 0 aliphatic heterocycles. The van der Waals surface area contributed by atoms with Crippen molar-refractivity contribution in [1.82, 2.24) is 0 Å². The van der Waals surface area contributed by atoms with E-state index in [2.05, 4.69) is 4.74 Å². The Balaban J connectivity index is 2.45. The van der Waals surface area contributed by atoms with Crippen molar-refractivity contribution in [3.63, 3.8) is 0 Å². The van der Waals surface area contributed by atoms with Crippen LogP contribution in [0.5, 0.6) is 0 Å². The average Bonchev–Trinajstić information content (AvgIpc) is 2.15. The second kappa shape index (κ2) is 2.64. The first-order valence-corrected chi connectivity index (χ1v) is 3.08. The van der Waals surface area contributed by atoms with Gasteiger partial charge in [-0.05, 0) is 6.08 Å². The fourth-order valence-electron chi connectivity index (χ4n) is 0.838. The van der Waals surface area contributed by atoms with Gasteiger partial charge >= 0.3 is 5.97 Å². The fraction of sp³-hybridized carbons (Fsp3) is 0.429. The summed E-state index contributed by atoms with van der Waals surface area (Å²) in [5.74, 6) is -0.516. The van der Waals surface area contributed by atoms with Crippen LogP contribution in [0.3, 0.4) is 0 Å². The van der Waals surface area contributed by atoms with Crippen LogP contribution in [0.2, 0.25) is 0 Å². The molecule has 54 valence electrons. The van der Waals surface area contributed by atoms with Gasteiger partial charge in [-0.3, -0.25) is 9.59 Å². The highest BCUT2D eigenvalue weighted by Crippen LogP contribution is 2.09. The molecule has 1 rings (SSSR count). The first kappa shape index (κ1) is 6.99. The van der Waals surface area contributed by atoms with E-state index in [-0.39, 0.29) is 5.78 Å². The summed E-state index contributed by atoms with van der Waals surface area (Å²) in [6.45, 7) is 1.30. The van der Waals surface area contributed by atoms with Crippen molar-refractivity contribution < 1.29 is 14.3 Å². The molecule has 10 heavy (non-hydrogen) atoms. The van der Waals surface area contributed by atoms with Crippen LogP contribution in [0.1, 0.15) is 13.3 Å². The Labute approximate surface area is 58.7 Å². The monoisotopic (exact) mass is 140 g/mol. The van der Waals surface area contributed by atoms with Crippen LogP contribution in [0.15, 0.2) is 12.2 Å². The SMILES string of the molecule is CC(=O)O[C@@H]1CC=CC1=O. The molecule has 1 aliphatic rings. The molecule has 0 unspecified atom stereocenters. The Morgan fingerprint density at radius 1 is 1.80 bits per heavy atom. The van der Waals surface area contributed by atoms with E-state index in [0.717, 1.165) is 0 Å². The zero-order valence-corrected chi connectivity index (χ0v) is 5.66. The molecule has 3 heteroatoms. The topological polar surface area (TPSA) is 43.4 Å². The molecular formula is C7H8O3. The van der Waals surface area contributed by atoms with Gasteiger partial charge in [0, 0.05) is 13.3 Å². The summed E-state index contributed by atoms with van der Waals surface area (Å²) in [6.07, 6.45) is 3.12. The zero-order valence-electron chi connectivity index (χ0n) is 5.66. The highest BCUT2D eigenvalue weighted by Gasteiger charge is 2.21. The van der Waals surface area contributed by atoms with E-state index in [9.17, 15) is 9.59 Å². The summed E-state index contributed by atoms with van der Waals surface area (Å²) < 4.78 is 4.67. The fourth-order valence-corrected chi connectivity index (χ4v) is 0.838. The molecule has 0 aromatic carbocycles. The second-order valence-electron chi connectivity index (χ2n) is 2.14. The van der Waals surface area contributed by atoms with Crippen LogP contribution in [0.4, 0.5) is 0 Å². The summed E-state index contributed by atoms with van der Waals surface area (Å²) in [7, 11) is 0. The van der Waals surface area contributed by atoms with E-state index in [4.69, 9.17) is 0 Å². The molecule has 0 aromatic heterocycles. The summed E-state index contributed by atoms with van der Waals surface area (Å²) in [4.78, 5) is 21.1. The third-order valence-electron chi connectivity index (χ3n) is 1.26. The molecule has 0 heterocycles. The number of rotatable bonds is 1. The highest BCUT2D eigenvalue weighted by molar-refractivity contribution is 5.96. The van der Waals surface area contributed by atoms with Crippen molar-refractivity contribution in [3.8, 4) is 0 Å². The maximum atomic E-state index is 10.7. The predicted octanol–water partition coefficient (Wildman–Crippen LogP) is 0.447. The van der Waals surface area contributed by atoms with E-state index in [1.807, 2.05) is 0 Å². The number of ketones is 1. The molecule has 3 nitrogen and oxygen atoms in total. The Bertz CT molecular complexity index is 193. The maximum Gasteiger partial charge on any atom is 0.303 e. The Morgan fingerprint density at radius 2 is 2.50 bits per heavy atom. The zero-order chi connectivity index (χ0) is 7.56. The van der Waals surface area contributed by atoms with Crippen molar-refractivity contribution in [3.05, 3.63) is 12.2 Å². The van der Waals surface area contributed by atoms with Crippen LogP contribution in [0, 0.1) is 0 Å². The largest absolute Gasteiger partial charge is 0.454 e. The Morgan fingerprint density at radius 3 is 2.90 bits per heavy atom. The van der Waals surface area contributed by atoms with Gasteiger partial charge in [0.25, 0.3) is 0 Å². The summed E-state index contributed by atoms with van der Waals surface area (Å²) in [5, 5.41) is 0. The van der Waals surface area contributed by atoms with Crippen LogP contribution < -0.4 is 0 Å². The molecule has 0 amide bonds. The minimum absolute atomic E-state index is 0.116. The quantitative estimate of drug-likeness (QED) is 0.496. The van der Waals surface area contributed by atoms with Gasteiger partial charge in [0.1, 0.15) is 0 Å². The molecule has 1 atom stereocenters. The van der Waals surface area contributed by atoms with Gasteiger partial charge in [-0.15, -0.1) is 0 Å². The number of hydrogen-bond donors (Lipinski definition) is 0. The van der Waals surface area contributed by atoms with Gasteiger partial charge in [0.15, 0.2) is 11.9 Å². The van der Waals surface area contributed by atoms with Crippen molar-refractivity contribution >= 4 is 11.8 Å². The summed E-state index contributed by atoms with van der Waals surface area (Å²) in [6, 6.07) is 0. The second-order valence-corrected chi connectivity index (χ2v) is 2.14. The lowest BCUT2D eigenvalue weighted by Crippen LogP contribution is -2.20. The molecule has 0 N–H and O–H groups in total. The summed E-state index contributed by atoms with van der Waals surface area (Å²) in [5.41, 5.74) is 0.